The van der Waals surface area contributed by atoms with E-state index in [0.717, 1.165) is 57.3 Å². The Labute approximate surface area is 199 Å². The number of rotatable bonds is 6. The van der Waals surface area contributed by atoms with E-state index in [4.69, 9.17) is 5.10 Å². The van der Waals surface area contributed by atoms with Gasteiger partial charge in [-0.1, -0.05) is 18.2 Å². The van der Waals surface area contributed by atoms with Crippen LogP contribution < -0.4 is 10.9 Å². The molecule has 0 spiro atoms. The average Bonchev–Trinajstić information content (AvgIpc) is 3.47. The standard InChI is InChI=1S/C24H25N5O2S2/c1-13-14(2)33-24-20(13)23(31)25-19(26-24)12-32-15(3)22(30)27-21-17-10-7-11-18(17)28-29(21)16-8-5-4-6-9-16/h4-6,8-9,15H,7,10-12H2,1-3H3,(H,27,30)(H,25,26,31). The fourth-order valence-corrected chi connectivity index (χ4v) is 5.95. The Morgan fingerprint density at radius 3 is 2.85 bits per heavy atom. The van der Waals surface area contributed by atoms with Crippen LogP contribution in [-0.4, -0.2) is 30.9 Å². The molecule has 3 aromatic heterocycles. The lowest BCUT2D eigenvalue weighted by molar-refractivity contribution is -0.115. The van der Waals surface area contributed by atoms with Gasteiger partial charge < -0.3 is 10.3 Å². The maximum atomic E-state index is 13.1. The first-order chi connectivity index (χ1) is 15.9. The van der Waals surface area contributed by atoms with Crippen LogP contribution in [0, 0.1) is 13.8 Å². The van der Waals surface area contributed by atoms with Crippen LogP contribution in [0.25, 0.3) is 15.9 Å². The monoisotopic (exact) mass is 479 g/mol. The van der Waals surface area contributed by atoms with Crippen LogP contribution >= 0.6 is 23.1 Å². The average molecular weight is 480 g/mol. The molecule has 1 aliphatic rings. The number of anilines is 1. The molecule has 2 N–H and O–H groups in total. The Bertz CT molecular complexity index is 1400. The molecule has 0 saturated carbocycles. The lowest BCUT2D eigenvalue weighted by atomic mass is 10.2. The number of carbonyl (C=O) groups is 1. The lowest BCUT2D eigenvalue weighted by Gasteiger charge is -2.14. The summed E-state index contributed by atoms with van der Waals surface area (Å²) < 4.78 is 1.84. The third-order valence-corrected chi connectivity index (χ3v) is 8.33. The number of carbonyl (C=O) groups excluding carboxylic acids is 1. The van der Waals surface area contributed by atoms with Gasteiger partial charge >= 0.3 is 0 Å². The normalized spacial score (nSPS) is 13.9. The van der Waals surface area contributed by atoms with E-state index >= 15 is 0 Å². The van der Waals surface area contributed by atoms with Crippen molar-refractivity contribution < 1.29 is 4.79 Å². The van der Waals surface area contributed by atoms with Gasteiger partial charge in [0.25, 0.3) is 5.56 Å². The number of H-pyrrole nitrogens is 1. The van der Waals surface area contributed by atoms with Crippen molar-refractivity contribution in [2.75, 3.05) is 5.32 Å². The van der Waals surface area contributed by atoms with Gasteiger partial charge in [-0.15, -0.1) is 23.1 Å². The van der Waals surface area contributed by atoms with Crippen molar-refractivity contribution in [1.29, 1.82) is 0 Å². The van der Waals surface area contributed by atoms with Gasteiger partial charge in [0.05, 0.1) is 27.8 Å². The summed E-state index contributed by atoms with van der Waals surface area (Å²) >= 11 is 2.98. The van der Waals surface area contributed by atoms with Gasteiger partial charge in [0.2, 0.25) is 5.91 Å². The predicted molar refractivity (Wildman–Crippen MR) is 135 cm³/mol. The number of thioether (sulfide) groups is 1. The summed E-state index contributed by atoms with van der Waals surface area (Å²) in [6, 6.07) is 9.87. The molecule has 33 heavy (non-hydrogen) atoms. The number of aromatic nitrogens is 4. The van der Waals surface area contributed by atoms with E-state index < -0.39 is 0 Å². The zero-order chi connectivity index (χ0) is 23.1. The highest BCUT2D eigenvalue weighted by Gasteiger charge is 2.26. The Kier molecular flexibility index (Phi) is 5.84. The first-order valence-corrected chi connectivity index (χ1v) is 12.9. The van der Waals surface area contributed by atoms with Crippen molar-refractivity contribution >= 4 is 45.0 Å². The number of para-hydroxylation sites is 1. The highest BCUT2D eigenvalue weighted by atomic mass is 32.2. The van der Waals surface area contributed by atoms with Gasteiger partial charge in [0.1, 0.15) is 16.5 Å². The number of hydrogen-bond donors (Lipinski definition) is 2. The Balaban J connectivity index is 1.32. The molecular weight excluding hydrogens is 454 g/mol. The molecule has 3 heterocycles. The number of aromatic amines is 1. The van der Waals surface area contributed by atoms with E-state index in [9.17, 15) is 9.59 Å². The SMILES string of the molecule is Cc1sc2nc(CSC(C)C(=O)Nc3c4c(nn3-c3ccccc3)CCC4)[nH]c(=O)c2c1C. The van der Waals surface area contributed by atoms with Crippen molar-refractivity contribution in [2.24, 2.45) is 0 Å². The van der Waals surface area contributed by atoms with Crippen LogP contribution in [-0.2, 0) is 23.4 Å². The molecule has 1 aliphatic carbocycles. The lowest BCUT2D eigenvalue weighted by Crippen LogP contribution is -2.25. The summed E-state index contributed by atoms with van der Waals surface area (Å²) in [7, 11) is 0. The quantitative estimate of drug-likeness (QED) is 0.424. The number of thiophene rings is 1. The highest BCUT2D eigenvalue weighted by molar-refractivity contribution is 7.99. The summed E-state index contributed by atoms with van der Waals surface area (Å²) in [5, 5.41) is 8.23. The van der Waals surface area contributed by atoms with Gasteiger partial charge in [-0.25, -0.2) is 9.67 Å². The fraction of sp³-hybridized carbons (Fsp3) is 0.333. The molecule has 7 nitrogen and oxygen atoms in total. The first-order valence-electron chi connectivity index (χ1n) is 11.0. The summed E-state index contributed by atoms with van der Waals surface area (Å²) in [4.78, 5) is 35.0. The first kappa shape index (κ1) is 21.9. The van der Waals surface area contributed by atoms with Crippen LogP contribution in [0.15, 0.2) is 35.1 Å². The summed E-state index contributed by atoms with van der Waals surface area (Å²) in [5.41, 5.74) is 3.99. The second kappa shape index (κ2) is 8.79. The number of nitrogens with one attached hydrogen (secondary N) is 2. The van der Waals surface area contributed by atoms with E-state index in [2.05, 4.69) is 15.3 Å². The van der Waals surface area contributed by atoms with Crippen molar-refractivity contribution in [3.05, 3.63) is 68.2 Å². The molecule has 9 heteroatoms. The van der Waals surface area contributed by atoms with Crippen molar-refractivity contribution in [2.45, 2.75) is 51.0 Å². The molecule has 5 rings (SSSR count). The molecular formula is C24H25N5O2S2. The Hall–Kier alpha value is -2.91. The second-order valence-corrected chi connectivity index (χ2v) is 10.8. The van der Waals surface area contributed by atoms with Crippen molar-refractivity contribution in [3.63, 3.8) is 0 Å². The third-order valence-electron chi connectivity index (χ3n) is 6.08. The number of amides is 1. The maximum absolute atomic E-state index is 13.1. The molecule has 170 valence electrons. The zero-order valence-electron chi connectivity index (χ0n) is 18.8. The number of benzene rings is 1. The summed E-state index contributed by atoms with van der Waals surface area (Å²) in [5.74, 6) is 1.72. The van der Waals surface area contributed by atoms with Crippen LogP contribution in [0.5, 0.6) is 0 Å². The minimum Gasteiger partial charge on any atom is -0.309 e. The van der Waals surface area contributed by atoms with Crippen LogP contribution in [0.2, 0.25) is 0 Å². The van der Waals surface area contributed by atoms with Gasteiger partial charge in [-0.3, -0.25) is 9.59 Å². The van der Waals surface area contributed by atoms with E-state index in [-0.39, 0.29) is 16.7 Å². The van der Waals surface area contributed by atoms with Crippen molar-refractivity contribution in [1.82, 2.24) is 19.7 Å². The third kappa shape index (κ3) is 4.11. The Morgan fingerprint density at radius 1 is 1.27 bits per heavy atom. The molecule has 0 bridgehead atoms. The number of aryl methyl sites for hydroxylation is 3. The second-order valence-electron chi connectivity index (χ2n) is 8.29. The van der Waals surface area contributed by atoms with Crippen LogP contribution in [0.4, 0.5) is 5.82 Å². The van der Waals surface area contributed by atoms with Crippen LogP contribution in [0.3, 0.4) is 0 Å². The number of fused-ring (bicyclic) bond motifs is 2. The van der Waals surface area contributed by atoms with Gasteiger partial charge in [-0.05, 0) is 57.7 Å². The van der Waals surface area contributed by atoms with E-state index in [1.165, 1.54) is 23.1 Å². The minimum absolute atomic E-state index is 0.0852. The summed E-state index contributed by atoms with van der Waals surface area (Å²) in [6.07, 6.45) is 2.92. The maximum Gasteiger partial charge on any atom is 0.259 e. The smallest absolute Gasteiger partial charge is 0.259 e. The molecule has 0 radical (unpaired) electrons. The van der Waals surface area contributed by atoms with Crippen molar-refractivity contribution in [3.8, 4) is 5.69 Å². The Morgan fingerprint density at radius 2 is 2.06 bits per heavy atom. The molecule has 0 fully saturated rings. The van der Waals surface area contributed by atoms with Crippen LogP contribution in [0.1, 0.15) is 40.9 Å². The molecule has 1 aromatic carbocycles. The molecule has 1 unspecified atom stereocenters. The molecule has 1 amide bonds. The van der Waals surface area contributed by atoms with Gasteiger partial charge in [-0.2, -0.15) is 5.10 Å². The van der Waals surface area contributed by atoms with Gasteiger partial charge in [0, 0.05) is 10.4 Å². The minimum atomic E-state index is -0.325. The summed E-state index contributed by atoms with van der Waals surface area (Å²) in [6.45, 7) is 5.82. The van der Waals surface area contributed by atoms with E-state index in [0.29, 0.717) is 17.0 Å². The highest BCUT2D eigenvalue weighted by Crippen LogP contribution is 2.32. The topological polar surface area (TPSA) is 92.7 Å². The van der Waals surface area contributed by atoms with E-state index in [1.807, 2.05) is 55.8 Å². The molecule has 0 aliphatic heterocycles. The number of hydrogen-bond acceptors (Lipinski definition) is 6. The molecule has 4 aromatic rings. The zero-order valence-corrected chi connectivity index (χ0v) is 20.4. The predicted octanol–water partition coefficient (Wildman–Crippen LogP) is 4.54. The molecule has 1 atom stereocenters. The largest absolute Gasteiger partial charge is 0.309 e. The molecule has 0 saturated heterocycles. The fourth-order valence-electron chi connectivity index (χ4n) is 4.14. The van der Waals surface area contributed by atoms with E-state index in [1.54, 1.807) is 0 Å². The van der Waals surface area contributed by atoms with Gasteiger partial charge in [0.15, 0.2) is 0 Å². The number of nitrogens with zero attached hydrogens (tertiary/aromatic N) is 3.